The van der Waals surface area contributed by atoms with E-state index in [0.717, 1.165) is 11.4 Å². The molecule has 5 nitrogen and oxygen atoms in total. The summed E-state index contributed by atoms with van der Waals surface area (Å²) in [4.78, 5) is 8.85. The molecule has 0 aromatic carbocycles. The summed E-state index contributed by atoms with van der Waals surface area (Å²) in [5.41, 5.74) is 2.07. The molecule has 0 spiro atoms. The Balaban J connectivity index is 1.99. The minimum atomic E-state index is -0.177. The Bertz CT molecular complexity index is 744. The van der Waals surface area contributed by atoms with Gasteiger partial charge in [0.25, 0.3) is 5.89 Å². The normalized spacial score (nSPS) is 11.6. The molecule has 3 heterocycles. The van der Waals surface area contributed by atoms with Gasteiger partial charge in [-0.05, 0) is 24.3 Å². The van der Waals surface area contributed by atoms with Crippen LogP contribution in [0.2, 0.25) is 0 Å². The average molecular weight is 280 g/mol. The highest BCUT2D eigenvalue weighted by molar-refractivity contribution is 5.58. The lowest BCUT2D eigenvalue weighted by Crippen LogP contribution is -2.11. The molecule has 3 rings (SSSR count). The van der Waals surface area contributed by atoms with E-state index in [1.54, 1.807) is 6.20 Å². The number of rotatable bonds is 2. The zero-order valence-electron chi connectivity index (χ0n) is 12.2. The molecule has 0 radical (unpaired) electrons. The van der Waals surface area contributed by atoms with Crippen LogP contribution in [0.15, 0.2) is 47.0 Å². The lowest BCUT2D eigenvalue weighted by atomic mass is 9.97. The highest BCUT2D eigenvalue weighted by Crippen LogP contribution is 2.25. The molecular weight excluding hydrogens is 264 g/mol. The fourth-order valence-corrected chi connectivity index (χ4v) is 1.84. The second kappa shape index (κ2) is 5.09. The molecule has 3 aromatic rings. The predicted molar refractivity (Wildman–Crippen MR) is 79.5 cm³/mol. The van der Waals surface area contributed by atoms with Crippen LogP contribution in [0.3, 0.4) is 0 Å². The third-order valence-electron chi connectivity index (χ3n) is 2.96. The van der Waals surface area contributed by atoms with Gasteiger partial charge in [0.15, 0.2) is 0 Å². The Morgan fingerprint density at radius 3 is 2.29 bits per heavy atom. The molecular formula is C16H16N4O. The lowest BCUT2D eigenvalue weighted by molar-refractivity contribution is 0.398. The van der Waals surface area contributed by atoms with Crippen LogP contribution >= 0.6 is 0 Å². The van der Waals surface area contributed by atoms with Crippen molar-refractivity contribution in [2.75, 3.05) is 0 Å². The van der Waals surface area contributed by atoms with Gasteiger partial charge in [-0.1, -0.05) is 32.9 Å². The van der Waals surface area contributed by atoms with E-state index in [0.29, 0.717) is 17.5 Å². The SMILES string of the molecule is CC(C)(C)c1nnc(-c2cccc(-c3ccccn3)n2)o1. The summed E-state index contributed by atoms with van der Waals surface area (Å²) < 4.78 is 5.72. The maximum absolute atomic E-state index is 5.72. The molecule has 0 saturated carbocycles. The molecule has 0 aliphatic carbocycles. The zero-order valence-corrected chi connectivity index (χ0v) is 12.2. The molecule has 0 amide bonds. The van der Waals surface area contributed by atoms with Crippen LogP contribution in [0.4, 0.5) is 0 Å². The predicted octanol–water partition coefficient (Wildman–Crippen LogP) is 3.49. The summed E-state index contributed by atoms with van der Waals surface area (Å²) in [5, 5.41) is 8.18. The van der Waals surface area contributed by atoms with Crippen molar-refractivity contribution in [3.8, 4) is 23.0 Å². The van der Waals surface area contributed by atoms with Crippen molar-refractivity contribution in [1.82, 2.24) is 20.2 Å². The highest BCUT2D eigenvalue weighted by Gasteiger charge is 2.22. The largest absolute Gasteiger partial charge is 0.419 e. The number of hydrogen-bond donors (Lipinski definition) is 0. The fraction of sp³-hybridized carbons (Fsp3) is 0.250. The molecule has 0 saturated heterocycles. The first-order chi connectivity index (χ1) is 10.0. The molecule has 3 aromatic heterocycles. The van der Waals surface area contributed by atoms with Crippen molar-refractivity contribution in [3.05, 3.63) is 48.5 Å². The molecule has 0 atom stereocenters. The summed E-state index contributed by atoms with van der Waals surface area (Å²) in [7, 11) is 0. The van der Waals surface area contributed by atoms with Crippen molar-refractivity contribution in [2.24, 2.45) is 0 Å². The third-order valence-corrected chi connectivity index (χ3v) is 2.96. The van der Waals surface area contributed by atoms with E-state index in [9.17, 15) is 0 Å². The fourth-order valence-electron chi connectivity index (χ4n) is 1.84. The van der Waals surface area contributed by atoms with Gasteiger partial charge in [-0.25, -0.2) is 4.98 Å². The Morgan fingerprint density at radius 1 is 0.857 bits per heavy atom. The summed E-state index contributed by atoms with van der Waals surface area (Å²) in [6.07, 6.45) is 1.74. The number of pyridine rings is 2. The standard InChI is InChI=1S/C16H16N4O/c1-16(2,3)15-20-19-14(21-15)13-9-6-8-12(18-13)11-7-4-5-10-17-11/h4-10H,1-3H3. The summed E-state index contributed by atoms with van der Waals surface area (Å²) in [6, 6.07) is 11.4. The summed E-state index contributed by atoms with van der Waals surface area (Å²) >= 11 is 0. The number of nitrogens with zero attached hydrogens (tertiary/aromatic N) is 4. The van der Waals surface area contributed by atoms with Crippen LogP contribution < -0.4 is 0 Å². The summed E-state index contributed by atoms with van der Waals surface area (Å²) in [6.45, 7) is 6.09. The molecule has 21 heavy (non-hydrogen) atoms. The Hall–Kier alpha value is -2.56. The maximum Gasteiger partial charge on any atom is 0.266 e. The van der Waals surface area contributed by atoms with E-state index >= 15 is 0 Å². The summed E-state index contributed by atoms with van der Waals surface area (Å²) in [5.74, 6) is 1.03. The first-order valence-electron chi connectivity index (χ1n) is 6.77. The van der Waals surface area contributed by atoms with E-state index in [1.807, 2.05) is 57.2 Å². The molecule has 0 aliphatic heterocycles. The van der Waals surface area contributed by atoms with Crippen molar-refractivity contribution >= 4 is 0 Å². The van der Waals surface area contributed by atoms with Crippen molar-refractivity contribution in [3.63, 3.8) is 0 Å². The van der Waals surface area contributed by atoms with Crippen LogP contribution in [-0.2, 0) is 5.41 Å². The zero-order chi connectivity index (χ0) is 14.9. The van der Waals surface area contributed by atoms with Crippen LogP contribution in [0.25, 0.3) is 23.0 Å². The van der Waals surface area contributed by atoms with E-state index in [2.05, 4.69) is 20.2 Å². The van der Waals surface area contributed by atoms with Crippen molar-refractivity contribution < 1.29 is 4.42 Å². The Labute approximate surface area is 123 Å². The molecule has 0 N–H and O–H groups in total. The topological polar surface area (TPSA) is 64.7 Å². The van der Waals surface area contributed by atoms with Gasteiger partial charge < -0.3 is 4.42 Å². The first-order valence-corrected chi connectivity index (χ1v) is 6.77. The molecule has 0 aliphatic rings. The van der Waals surface area contributed by atoms with Crippen LogP contribution in [0, 0.1) is 0 Å². The van der Waals surface area contributed by atoms with Gasteiger partial charge in [0.05, 0.1) is 11.4 Å². The molecule has 106 valence electrons. The van der Waals surface area contributed by atoms with E-state index in [-0.39, 0.29) is 5.41 Å². The lowest BCUT2D eigenvalue weighted by Gasteiger charge is -2.10. The molecule has 0 bridgehead atoms. The Morgan fingerprint density at radius 2 is 1.62 bits per heavy atom. The monoisotopic (exact) mass is 280 g/mol. The molecule has 0 unspecified atom stereocenters. The third kappa shape index (κ3) is 2.81. The average Bonchev–Trinajstić information content (AvgIpc) is 2.98. The van der Waals surface area contributed by atoms with E-state index < -0.39 is 0 Å². The smallest absolute Gasteiger partial charge is 0.266 e. The van der Waals surface area contributed by atoms with Gasteiger partial charge in [0.1, 0.15) is 5.69 Å². The van der Waals surface area contributed by atoms with Gasteiger partial charge in [0, 0.05) is 11.6 Å². The van der Waals surface area contributed by atoms with Gasteiger partial charge >= 0.3 is 0 Å². The second-order valence-electron chi connectivity index (χ2n) is 5.79. The Kier molecular flexibility index (Phi) is 3.25. The van der Waals surface area contributed by atoms with E-state index in [1.165, 1.54) is 0 Å². The van der Waals surface area contributed by atoms with Crippen LogP contribution in [0.1, 0.15) is 26.7 Å². The van der Waals surface area contributed by atoms with Crippen LogP contribution in [-0.4, -0.2) is 20.2 Å². The van der Waals surface area contributed by atoms with E-state index in [4.69, 9.17) is 4.42 Å². The van der Waals surface area contributed by atoms with Gasteiger partial charge in [-0.15, -0.1) is 10.2 Å². The quantitative estimate of drug-likeness (QED) is 0.719. The maximum atomic E-state index is 5.72. The molecule has 5 heteroatoms. The minimum Gasteiger partial charge on any atom is -0.419 e. The number of hydrogen-bond acceptors (Lipinski definition) is 5. The van der Waals surface area contributed by atoms with Crippen molar-refractivity contribution in [2.45, 2.75) is 26.2 Å². The minimum absolute atomic E-state index is 0.177. The van der Waals surface area contributed by atoms with Crippen molar-refractivity contribution in [1.29, 1.82) is 0 Å². The van der Waals surface area contributed by atoms with Crippen LogP contribution in [0.5, 0.6) is 0 Å². The first kappa shape index (κ1) is 13.4. The number of aromatic nitrogens is 4. The highest BCUT2D eigenvalue weighted by atomic mass is 16.4. The second-order valence-corrected chi connectivity index (χ2v) is 5.79. The molecule has 0 fully saturated rings. The van der Waals surface area contributed by atoms with Gasteiger partial charge in [-0.2, -0.15) is 0 Å². The van der Waals surface area contributed by atoms with Gasteiger partial charge in [0.2, 0.25) is 5.89 Å². The van der Waals surface area contributed by atoms with Gasteiger partial charge in [-0.3, -0.25) is 4.98 Å².